The fraction of sp³-hybridized carbons (Fsp3) is 0.500. The number of unbranched alkanes of at least 4 members (excludes halogenated alkanes) is 20. The molecule has 0 spiro atoms. The first-order valence-corrected chi connectivity index (χ1v) is 43.1. The second-order valence-corrected chi connectivity index (χ2v) is 36.7. The number of hydrogen-bond donors (Lipinski definition) is 0. The fourth-order valence-electron chi connectivity index (χ4n) is 9.48. The third kappa shape index (κ3) is 20.0. The van der Waals surface area contributed by atoms with Crippen molar-refractivity contribution in [2.75, 3.05) is 23.0 Å². The molecule has 8 rings (SSSR count). The summed E-state index contributed by atoms with van der Waals surface area (Å²) in [6, 6.07) is 19.6. The van der Waals surface area contributed by atoms with Crippen molar-refractivity contribution in [1.29, 1.82) is 0 Å². The largest absolute Gasteiger partial charge is 0.142 e. The van der Waals surface area contributed by atoms with Crippen LogP contribution in [-0.4, -0.2) is 23.0 Å². The molecule has 8 aromatic heterocycles. The van der Waals surface area contributed by atoms with Crippen molar-refractivity contribution < 1.29 is 0 Å². The highest BCUT2D eigenvalue weighted by molar-refractivity contribution is 9.11. The van der Waals surface area contributed by atoms with Crippen LogP contribution in [0.5, 0.6) is 0 Å². The van der Waals surface area contributed by atoms with E-state index in [0.29, 0.717) is 0 Å². The normalized spacial score (nSPS) is 11.8. The lowest BCUT2D eigenvalue weighted by Crippen LogP contribution is -1.84. The summed E-state index contributed by atoms with van der Waals surface area (Å²) in [7, 11) is 0. The van der Waals surface area contributed by atoms with E-state index >= 15 is 0 Å². The predicted molar refractivity (Wildman–Crippen MR) is 395 cm³/mol. The summed E-state index contributed by atoms with van der Waals surface area (Å²) >= 11 is 39.9. The third-order valence-electron chi connectivity index (χ3n) is 13.9. The van der Waals surface area contributed by atoms with Gasteiger partial charge in [-0.25, -0.2) is 0 Å². The molecule has 0 amide bonds. The van der Waals surface area contributed by atoms with E-state index in [4.69, 9.17) is 0 Å². The average Bonchev–Trinajstić information content (AvgIpc) is 4.40. The number of hydrogen-bond acceptors (Lipinski definition) is 12. The minimum atomic E-state index is 1.16. The number of thiophene rings is 8. The van der Waals surface area contributed by atoms with Crippen molar-refractivity contribution in [3.05, 3.63) is 77.2 Å². The zero-order valence-electron chi connectivity index (χ0n) is 47.0. The van der Waals surface area contributed by atoms with Crippen LogP contribution in [0.1, 0.15) is 182 Å². The van der Waals surface area contributed by atoms with Crippen molar-refractivity contribution in [3.63, 3.8) is 0 Å². The van der Waals surface area contributed by atoms with E-state index < -0.39 is 0 Å². The molecule has 0 N–H and O–H groups in total. The van der Waals surface area contributed by atoms with Crippen LogP contribution in [-0.2, 0) is 0 Å². The Balaban J connectivity index is 1.13. The molecule has 0 atom stereocenters. The maximum Gasteiger partial charge on any atom is 0.0603 e. The molecule has 0 saturated heterocycles. The van der Waals surface area contributed by atoms with Crippen LogP contribution in [0.4, 0.5) is 0 Å². The molecule has 434 valence electrons. The van der Waals surface area contributed by atoms with Gasteiger partial charge in [-0.1, -0.05) is 156 Å². The molecule has 0 radical (unpaired) electrons. The Kier molecular flexibility index (Phi) is 30.4. The Morgan fingerprint density at radius 1 is 0.275 bits per heavy atom. The Morgan fingerprint density at radius 2 is 0.512 bits per heavy atom. The van der Waals surface area contributed by atoms with Gasteiger partial charge in [0.2, 0.25) is 0 Å². The smallest absolute Gasteiger partial charge is 0.0603 e. The second-order valence-electron chi connectivity index (χ2n) is 20.5. The van der Waals surface area contributed by atoms with E-state index in [9.17, 15) is 0 Å². The molecule has 0 aromatic carbocycles. The van der Waals surface area contributed by atoms with Gasteiger partial charge in [-0.2, -0.15) is 0 Å². The van der Waals surface area contributed by atoms with Gasteiger partial charge in [-0.05, 0) is 161 Å². The molecule has 0 saturated carbocycles. The molecule has 80 heavy (non-hydrogen) atoms. The standard InChI is InChI=1S/C64H78Br4S12/c1-5-9-13-17-21-25-29-69-55-37-51(47-33-43(65)41-73-47)77-61(55)59-45(67)35-49(75-59)53-39-57(71-31-27-23-19-15-11-7-3)63(79-53)64-58(72-32-28-24-20-16-12-8-4)40-54(80-64)50-36-46(68)60(76-50)62-56(70-30-26-22-18-14-10-6-2)38-52(78-62)48-34-44(66)42-74-48/h33-42H,5-32H2,1-4H3. The van der Waals surface area contributed by atoms with Crippen LogP contribution in [0.15, 0.2) is 96.8 Å². The maximum absolute atomic E-state index is 4.18. The van der Waals surface area contributed by atoms with Crippen LogP contribution in [0.25, 0.3) is 68.3 Å². The molecule has 0 aliphatic heterocycles. The molecule has 0 bridgehead atoms. The topological polar surface area (TPSA) is 0 Å². The third-order valence-corrected chi connectivity index (χ3v) is 32.2. The highest BCUT2D eigenvalue weighted by atomic mass is 79.9. The van der Waals surface area contributed by atoms with E-state index in [-0.39, 0.29) is 0 Å². The van der Waals surface area contributed by atoms with Crippen molar-refractivity contribution >= 4 is 201 Å². The summed E-state index contributed by atoms with van der Waals surface area (Å²) in [6.07, 6.45) is 31.8. The van der Waals surface area contributed by atoms with Crippen LogP contribution in [0, 0.1) is 0 Å². The molecular weight excluding hydrogens is 1470 g/mol. The summed E-state index contributed by atoms with van der Waals surface area (Å²) < 4.78 is 4.77. The van der Waals surface area contributed by atoms with Crippen molar-refractivity contribution in [3.8, 4) is 68.3 Å². The first-order chi connectivity index (χ1) is 39.2. The van der Waals surface area contributed by atoms with Crippen LogP contribution in [0.2, 0.25) is 0 Å². The molecule has 8 heterocycles. The molecule has 0 aliphatic rings. The minimum absolute atomic E-state index is 1.16. The molecule has 8 aromatic rings. The highest BCUT2D eigenvalue weighted by Crippen LogP contribution is 2.57. The average molecular weight is 1550 g/mol. The Labute approximate surface area is 564 Å². The van der Waals surface area contributed by atoms with Gasteiger partial charge in [0.15, 0.2) is 0 Å². The van der Waals surface area contributed by atoms with E-state index in [2.05, 4.69) is 198 Å². The molecule has 0 fully saturated rings. The summed E-state index contributed by atoms with van der Waals surface area (Å²) in [5, 5.41) is 4.44. The van der Waals surface area contributed by atoms with Crippen LogP contribution >= 0.6 is 201 Å². The SMILES string of the molecule is CCCCCCCCSc1cc(-c2cc(Br)cs2)sc1-c1sc(-c2cc(SCCCCCCCC)c(-c3sc(-c4cc(Br)c(-c5sc(-c6cc(Br)cs6)cc5SCCCCCCCC)s4)cc3SCCCCCCCC)s2)cc1Br. The minimum Gasteiger partial charge on any atom is -0.142 e. The number of thioether (sulfide) groups is 4. The van der Waals surface area contributed by atoms with Gasteiger partial charge in [0.05, 0.1) is 29.3 Å². The van der Waals surface area contributed by atoms with E-state index in [1.54, 1.807) is 0 Å². The van der Waals surface area contributed by atoms with Crippen LogP contribution < -0.4 is 0 Å². The monoisotopic (exact) mass is 1550 g/mol. The molecule has 0 aliphatic carbocycles. The number of halogens is 4. The second kappa shape index (κ2) is 36.4. The molecule has 16 heteroatoms. The van der Waals surface area contributed by atoms with E-state index in [1.807, 2.05) is 90.7 Å². The summed E-state index contributed by atoms with van der Waals surface area (Å²) in [4.78, 5) is 25.2. The highest BCUT2D eigenvalue weighted by Gasteiger charge is 2.26. The van der Waals surface area contributed by atoms with Gasteiger partial charge in [-0.3, -0.25) is 0 Å². The van der Waals surface area contributed by atoms with Crippen LogP contribution in [0.3, 0.4) is 0 Å². The number of rotatable bonds is 39. The van der Waals surface area contributed by atoms with Gasteiger partial charge in [0.25, 0.3) is 0 Å². The fourth-order valence-corrected chi connectivity index (χ4v) is 27.1. The van der Waals surface area contributed by atoms with Gasteiger partial charge in [0.1, 0.15) is 0 Å². The summed E-state index contributed by atoms with van der Waals surface area (Å²) in [6.45, 7) is 9.26. The van der Waals surface area contributed by atoms with Crippen molar-refractivity contribution in [2.45, 2.75) is 201 Å². The van der Waals surface area contributed by atoms with Crippen molar-refractivity contribution in [1.82, 2.24) is 0 Å². The van der Waals surface area contributed by atoms with E-state index in [0.717, 1.165) is 11.5 Å². The Hall–Kier alpha value is 0.920. The zero-order chi connectivity index (χ0) is 56.1. The first-order valence-electron chi connectivity index (χ1n) is 29.3. The lowest BCUT2D eigenvalue weighted by molar-refractivity contribution is 0.627. The molecular formula is C64H78Br4S12. The van der Waals surface area contributed by atoms with E-state index in [1.165, 1.54) is 271 Å². The van der Waals surface area contributed by atoms with Crippen molar-refractivity contribution in [2.24, 2.45) is 0 Å². The Bertz CT molecular complexity index is 2860. The summed E-state index contributed by atoms with van der Waals surface area (Å²) in [5.41, 5.74) is 0. The lowest BCUT2D eigenvalue weighted by Gasteiger charge is -2.06. The maximum atomic E-state index is 4.18. The Morgan fingerprint density at radius 3 is 0.787 bits per heavy atom. The van der Waals surface area contributed by atoms with Gasteiger partial charge >= 0.3 is 0 Å². The molecule has 0 nitrogen and oxygen atoms in total. The van der Waals surface area contributed by atoms with Gasteiger partial charge in [0, 0.05) is 87.3 Å². The predicted octanol–water partition coefficient (Wildman–Crippen LogP) is 30.7. The molecule has 0 unspecified atom stereocenters. The first kappa shape index (κ1) is 66.9. The van der Waals surface area contributed by atoms with Gasteiger partial charge in [-0.15, -0.1) is 138 Å². The zero-order valence-corrected chi connectivity index (χ0v) is 63.1. The van der Waals surface area contributed by atoms with Gasteiger partial charge < -0.3 is 0 Å². The lowest BCUT2D eigenvalue weighted by atomic mass is 10.1. The quantitative estimate of drug-likeness (QED) is 0.0278. The summed E-state index contributed by atoms with van der Waals surface area (Å²) in [5.74, 6) is 4.66.